The summed E-state index contributed by atoms with van der Waals surface area (Å²) in [4.78, 5) is 5.07. The Hall–Kier alpha value is -2.95. The van der Waals surface area contributed by atoms with Gasteiger partial charge in [0.25, 0.3) is 0 Å². The fourth-order valence-corrected chi connectivity index (χ4v) is 5.00. The molecule has 3 aromatic carbocycles. The molecule has 0 amide bonds. The van der Waals surface area contributed by atoms with Crippen LogP contribution in [0.4, 0.5) is 0 Å². The molecule has 0 aliphatic carbocycles. The molecule has 0 radical (unpaired) electrons. The van der Waals surface area contributed by atoms with E-state index in [-0.39, 0.29) is 5.04 Å². The van der Waals surface area contributed by atoms with E-state index in [1.165, 1.54) is 16.7 Å². The van der Waals surface area contributed by atoms with Crippen molar-refractivity contribution in [2.45, 2.75) is 45.3 Å². The smallest absolute Gasteiger partial charge is 0.191 e. The molecular weight excluding hydrogens is 434 g/mol. The van der Waals surface area contributed by atoms with Crippen molar-refractivity contribution in [3.8, 4) is 28.1 Å². The summed E-state index contributed by atoms with van der Waals surface area (Å²) in [5, 5.41) is 1.35. The van der Waals surface area contributed by atoms with Crippen LogP contribution in [-0.4, -0.2) is 27.0 Å². The molecule has 0 saturated carbocycles. The first-order valence-electron chi connectivity index (χ1n) is 12.0. The summed E-state index contributed by atoms with van der Waals surface area (Å²) >= 11 is 0. The maximum atomic E-state index is 6.50. The zero-order valence-electron chi connectivity index (χ0n) is 21.2. The number of fused-ring (bicyclic) bond motifs is 1. The monoisotopic (exact) mass is 469 g/mol. The van der Waals surface area contributed by atoms with Crippen LogP contribution in [0.2, 0.25) is 18.1 Å². The molecule has 4 rings (SSSR count). The van der Waals surface area contributed by atoms with E-state index < -0.39 is 8.32 Å². The predicted molar refractivity (Wildman–Crippen MR) is 146 cm³/mol. The van der Waals surface area contributed by atoms with Gasteiger partial charge in [-0.2, -0.15) is 0 Å². The van der Waals surface area contributed by atoms with Gasteiger partial charge in [-0.1, -0.05) is 69.3 Å². The van der Waals surface area contributed by atoms with Gasteiger partial charge in [0.15, 0.2) is 8.32 Å². The summed E-state index contributed by atoms with van der Waals surface area (Å²) in [6, 6.07) is 27.4. The largest absolute Gasteiger partial charge is 0.497 e. The van der Waals surface area contributed by atoms with Gasteiger partial charge < -0.3 is 9.16 Å². The van der Waals surface area contributed by atoms with Gasteiger partial charge in [-0.15, -0.1) is 0 Å². The fraction of sp³-hybridized carbons (Fsp3) is 0.300. The molecule has 0 N–H and O–H groups in total. The van der Waals surface area contributed by atoms with Crippen molar-refractivity contribution in [2.75, 3.05) is 13.7 Å². The number of para-hydroxylation sites is 1. The van der Waals surface area contributed by atoms with Crippen LogP contribution in [-0.2, 0) is 10.8 Å². The molecule has 0 spiro atoms. The van der Waals surface area contributed by atoms with Crippen molar-refractivity contribution in [1.82, 2.24) is 4.98 Å². The van der Waals surface area contributed by atoms with Gasteiger partial charge in [0.05, 0.1) is 18.3 Å². The molecule has 0 bridgehead atoms. The molecule has 0 unspecified atom stereocenters. The molecule has 4 aromatic rings. The number of hydrogen-bond donors (Lipinski definition) is 0. The van der Waals surface area contributed by atoms with Crippen LogP contribution >= 0.6 is 0 Å². The quantitative estimate of drug-likeness (QED) is 0.256. The molecule has 34 heavy (non-hydrogen) atoms. The fourth-order valence-electron chi connectivity index (χ4n) is 3.96. The molecule has 0 saturated heterocycles. The SMILES string of the molecule is COc1ccc(-c2cc(-c3ccccc3)c3ccccc3n2)c(CCO[Si](C)(C)C(C)(C)C)c1. The second-order valence-corrected chi connectivity index (χ2v) is 15.1. The Morgan fingerprint density at radius 3 is 2.24 bits per heavy atom. The van der Waals surface area contributed by atoms with Crippen LogP contribution in [0.15, 0.2) is 78.9 Å². The minimum absolute atomic E-state index is 0.189. The summed E-state index contributed by atoms with van der Waals surface area (Å²) in [5.41, 5.74) is 6.68. The average molecular weight is 470 g/mol. The first-order chi connectivity index (χ1) is 16.2. The minimum atomic E-state index is -1.81. The summed E-state index contributed by atoms with van der Waals surface area (Å²) in [6.07, 6.45) is 0.814. The van der Waals surface area contributed by atoms with Crippen molar-refractivity contribution in [1.29, 1.82) is 0 Å². The highest BCUT2D eigenvalue weighted by Crippen LogP contribution is 2.37. The van der Waals surface area contributed by atoms with Crippen molar-refractivity contribution >= 4 is 19.2 Å². The summed E-state index contributed by atoms with van der Waals surface area (Å²) in [5.74, 6) is 0.857. The predicted octanol–water partition coefficient (Wildman–Crippen LogP) is 8.14. The number of benzene rings is 3. The lowest BCUT2D eigenvalue weighted by Gasteiger charge is -2.36. The highest BCUT2D eigenvalue weighted by molar-refractivity contribution is 6.74. The standard InChI is InChI=1S/C30H35NO2Si/c1-30(2,3)34(5,6)33-19-18-23-20-24(32-4)16-17-25(23)29-21-27(22-12-8-7-9-13-22)26-14-10-11-15-28(26)31-29/h7-17,20-21H,18-19H2,1-6H3. The number of ether oxygens (including phenoxy) is 1. The van der Waals surface area contributed by atoms with Crippen LogP contribution < -0.4 is 4.74 Å². The number of rotatable bonds is 7. The summed E-state index contributed by atoms with van der Waals surface area (Å²) in [7, 11) is -0.0985. The van der Waals surface area contributed by atoms with Gasteiger partial charge in [0, 0.05) is 17.6 Å². The van der Waals surface area contributed by atoms with Gasteiger partial charge in [-0.3, -0.25) is 0 Å². The molecule has 0 aliphatic rings. The van der Waals surface area contributed by atoms with Gasteiger partial charge >= 0.3 is 0 Å². The third-order valence-electron chi connectivity index (χ3n) is 7.03. The maximum absolute atomic E-state index is 6.50. The molecular formula is C30H35NO2Si. The molecule has 0 aliphatic heterocycles. The van der Waals surface area contributed by atoms with E-state index in [1.807, 2.05) is 6.07 Å². The number of methoxy groups -OCH3 is 1. The number of nitrogens with zero attached hydrogens (tertiary/aromatic N) is 1. The Morgan fingerprint density at radius 2 is 1.53 bits per heavy atom. The molecule has 1 heterocycles. The van der Waals surface area contributed by atoms with E-state index in [4.69, 9.17) is 14.1 Å². The van der Waals surface area contributed by atoms with Crippen molar-refractivity contribution < 1.29 is 9.16 Å². The number of hydrogen-bond acceptors (Lipinski definition) is 3. The van der Waals surface area contributed by atoms with Gasteiger partial charge in [-0.05, 0) is 71.6 Å². The zero-order valence-corrected chi connectivity index (χ0v) is 22.2. The molecule has 176 valence electrons. The normalized spacial score (nSPS) is 12.2. The van der Waals surface area contributed by atoms with Gasteiger partial charge in [-0.25, -0.2) is 4.98 Å². The Bertz CT molecular complexity index is 1280. The molecule has 1 aromatic heterocycles. The third-order valence-corrected chi connectivity index (χ3v) is 11.6. The molecule has 4 heteroatoms. The molecule has 0 fully saturated rings. The zero-order chi connectivity index (χ0) is 24.3. The molecule has 0 atom stereocenters. The first kappa shape index (κ1) is 24.2. The Morgan fingerprint density at radius 1 is 0.824 bits per heavy atom. The van der Waals surface area contributed by atoms with Crippen LogP contribution in [0.1, 0.15) is 26.3 Å². The van der Waals surface area contributed by atoms with Crippen LogP contribution in [0, 0.1) is 0 Å². The second-order valence-electron chi connectivity index (χ2n) is 10.3. The highest BCUT2D eigenvalue weighted by atomic mass is 28.4. The topological polar surface area (TPSA) is 31.4 Å². The van der Waals surface area contributed by atoms with E-state index >= 15 is 0 Å². The third kappa shape index (κ3) is 5.08. The summed E-state index contributed by atoms with van der Waals surface area (Å²) in [6.45, 7) is 12.1. The van der Waals surface area contributed by atoms with Gasteiger partial charge in [0.2, 0.25) is 0 Å². The minimum Gasteiger partial charge on any atom is -0.497 e. The maximum Gasteiger partial charge on any atom is 0.191 e. The molecule has 3 nitrogen and oxygen atoms in total. The van der Waals surface area contributed by atoms with Crippen molar-refractivity contribution in [2.24, 2.45) is 0 Å². The van der Waals surface area contributed by atoms with Crippen molar-refractivity contribution in [3.05, 3.63) is 84.4 Å². The second kappa shape index (κ2) is 9.73. The van der Waals surface area contributed by atoms with Crippen LogP contribution in [0.5, 0.6) is 5.75 Å². The van der Waals surface area contributed by atoms with Crippen molar-refractivity contribution in [3.63, 3.8) is 0 Å². The highest BCUT2D eigenvalue weighted by Gasteiger charge is 2.36. The lowest BCUT2D eigenvalue weighted by molar-refractivity contribution is 0.292. The Labute approximate surface area is 204 Å². The van der Waals surface area contributed by atoms with E-state index in [0.717, 1.165) is 34.3 Å². The van der Waals surface area contributed by atoms with Crippen LogP contribution in [0.3, 0.4) is 0 Å². The van der Waals surface area contributed by atoms with E-state index in [1.54, 1.807) is 7.11 Å². The first-order valence-corrected chi connectivity index (χ1v) is 14.9. The average Bonchev–Trinajstić information content (AvgIpc) is 2.83. The van der Waals surface area contributed by atoms with E-state index in [0.29, 0.717) is 6.61 Å². The lowest BCUT2D eigenvalue weighted by Crippen LogP contribution is -2.41. The summed E-state index contributed by atoms with van der Waals surface area (Å²) < 4.78 is 12.1. The number of aromatic nitrogens is 1. The lowest BCUT2D eigenvalue weighted by atomic mass is 9.95. The van der Waals surface area contributed by atoms with E-state index in [9.17, 15) is 0 Å². The Kier molecular flexibility index (Phi) is 6.92. The van der Waals surface area contributed by atoms with Crippen LogP contribution in [0.25, 0.3) is 33.3 Å². The van der Waals surface area contributed by atoms with E-state index in [2.05, 4.69) is 107 Å². The Balaban J connectivity index is 1.76. The van der Waals surface area contributed by atoms with Gasteiger partial charge in [0.1, 0.15) is 5.75 Å². The number of pyridine rings is 1.